The van der Waals surface area contributed by atoms with E-state index in [0.717, 1.165) is 18.5 Å². The third-order valence-corrected chi connectivity index (χ3v) is 9.88. The van der Waals surface area contributed by atoms with Gasteiger partial charge in [0.1, 0.15) is 0 Å². The number of hydrogen-bond acceptors (Lipinski definition) is 6. The maximum atomic E-state index is 13.1. The number of nitrogens with zero attached hydrogens (tertiary/aromatic N) is 5. The molecule has 1 heterocycles. The fraction of sp³-hybridized carbons (Fsp3) is 0.444. The molecule has 1 aromatic heterocycles. The molecule has 0 radical (unpaired) electrons. The fourth-order valence-corrected chi connectivity index (χ4v) is 7.15. The van der Waals surface area contributed by atoms with Crippen molar-refractivity contribution in [1.82, 2.24) is 24.0 Å². The van der Waals surface area contributed by atoms with Gasteiger partial charge in [0.25, 0.3) is 0 Å². The van der Waals surface area contributed by atoms with Crippen molar-refractivity contribution >= 4 is 27.7 Å². The van der Waals surface area contributed by atoms with E-state index in [1.807, 2.05) is 66.8 Å². The molecule has 0 spiro atoms. The zero-order chi connectivity index (χ0) is 26.4. The van der Waals surface area contributed by atoms with Crippen LogP contribution in [0.3, 0.4) is 0 Å². The van der Waals surface area contributed by atoms with Gasteiger partial charge in [0.15, 0.2) is 11.0 Å². The van der Waals surface area contributed by atoms with E-state index in [-0.39, 0.29) is 16.6 Å². The second-order valence-corrected chi connectivity index (χ2v) is 12.1. The summed E-state index contributed by atoms with van der Waals surface area (Å²) in [5.74, 6) is 0.862. The van der Waals surface area contributed by atoms with Crippen molar-refractivity contribution in [2.24, 2.45) is 0 Å². The Kier molecular flexibility index (Phi) is 9.04. The molecular weight excluding hydrogens is 506 g/mol. The molecule has 1 aliphatic rings. The predicted octanol–water partition coefficient (Wildman–Crippen LogP) is 4.85. The first-order chi connectivity index (χ1) is 17.9. The molecule has 0 aliphatic heterocycles. The number of thioether (sulfide) groups is 1. The van der Waals surface area contributed by atoms with Gasteiger partial charge in [-0.15, -0.1) is 10.2 Å². The molecule has 0 bridgehead atoms. The molecule has 198 valence electrons. The van der Waals surface area contributed by atoms with Crippen LogP contribution < -0.4 is 0 Å². The number of carbonyl (C=O) groups is 1. The van der Waals surface area contributed by atoms with Gasteiger partial charge in [-0.25, -0.2) is 8.42 Å². The van der Waals surface area contributed by atoms with Crippen molar-refractivity contribution in [2.75, 3.05) is 25.9 Å². The quantitative estimate of drug-likeness (QED) is 0.341. The third kappa shape index (κ3) is 6.08. The van der Waals surface area contributed by atoms with Crippen molar-refractivity contribution in [3.63, 3.8) is 0 Å². The van der Waals surface area contributed by atoms with Crippen molar-refractivity contribution < 1.29 is 13.2 Å². The molecule has 8 nitrogen and oxygen atoms in total. The normalized spacial score (nSPS) is 14.7. The van der Waals surface area contributed by atoms with Crippen LogP contribution in [-0.2, 0) is 14.8 Å². The van der Waals surface area contributed by atoms with Crippen molar-refractivity contribution in [3.8, 4) is 17.1 Å². The van der Waals surface area contributed by atoms with E-state index in [1.54, 1.807) is 18.2 Å². The van der Waals surface area contributed by atoms with Crippen molar-refractivity contribution in [1.29, 1.82) is 0 Å². The van der Waals surface area contributed by atoms with Crippen LogP contribution in [0, 0.1) is 0 Å². The van der Waals surface area contributed by atoms with Crippen LogP contribution in [0.15, 0.2) is 64.6 Å². The van der Waals surface area contributed by atoms with Gasteiger partial charge < -0.3 is 4.90 Å². The first-order valence-electron chi connectivity index (χ1n) is 12.9. The summed E-state index contributed by atoms with van der Waals surface area (Å²) in [6, 6.07) is 16.8. The summed E-state index contributed by atoms with van der Waals surface area (Å²) < 4.78 is 29.6. The van der Waals surface area contributed by atoms with Gasteiger partial charge in [0.2, 0.25) is 15.9 Å². The molecule has 0 saturated heterocycles. The molecule has 0 N–H and O–H groups in total. The van der Waals surface area contributed by atoms with Crippen LogP contribution in [-0.4, -0.2) is 70.2 Å². The van der Waals surface area contributed by atoms with E-state index >= 15 is 0 Å². The van der Waals surface area contributed by atoms with E-state index in [0.29, 0.717) is 35.7 Å². The van der Waals surface area contributed by atoms with E-state index in [1.165, 1.54) is 35.3 Å². The lowest BCUT2D eigenvalue weighted by molar-refractivity contribution is -0.129. The molecule has 1 saturated carbocycles. The van der Waals surface area contributed by atoms with Gasteiger partial charge >= 0.3 is 0 Å². The summed E-state index contributed by atoms with van der Waals surface area (Å²) in [4.78, 5) is 15.1. The first kappa shape index (κ1) is 27.3. The van der Waals surface area contributed by atoms with E-state index in [4.69, 9.17) is 0 Å². The van der Waals surface area contributed by atoms with Crippen LogP contribution in [0.4, 0.5) is 0 Å². The van der Waals surface area contributed by atoms with Gasteiger partial charge in [0.05, 0.1) is 10.6 Å². The smallest absolute Gasteiger partial charge is 0.243 e. The highest BCUT2D eigenvalue weighted by Crippen LogP contribution is 2.30. The highest BCUT2D eigenvalue weighted by atomic mass is 32.2. The number of aromatic nitrogens is 3. The first-order valence-corrected chi connectivity index (χ1v) is 15.3. The van der Waals surface area contributed by atoms with Crippen molar-refractivity contribution in [2.45, 2.75) is 62.0 Å². The number of carbonyl (C=O) groups excluding carboxylic acids is 1. The minimum absolute atomic E-state index is 0.0772. The molecule has 10 heteroatoms. The standard InChI is InChI=1S/C27H35N5O3S2/c1-4-31(5-2)37(34,35)24-18-12-13-21(19-24)26-28-29-27(32(26)23-16-10-7-11-17-23)36-20-25(33)30(3)22-14-8-6-9-15-22/h7,10-13,16-19,22H,4-6,8-9,14-15,20H2,1-3H3. The molecule has 3 aromatic rings. The molecule has 0 atom stereocenters. The Balaban J connectivity index is 1.65. The van der Waals surface area contributed by atoms with Crippen LogP contribution in [0.5, 0.6) is 0 Å². The summed E-state index contributed by atoms with van der Waals surface area (Å²) in [7, 11) is -1.73. The fourth-order valence-electron chi connectivity index (χ4n) is 4.77. The number of rotatable bonds is 10. The summed E-state index contributed by atoms with van der Waals surface area (Å²) >= 11 is 1.35. The Morgan fingerprint density at radius 3 is 2.38 bits per heavy atom. The summed E-state index contributed by atoms with van der Waals surface area (Å²) in [5.41, 5.74) is 1.48. The Bertz CT molecular complexity index is 1300. The SMILES string of the molecule is CCN(CC)S(=O)(=O)c1cccc(-c2nnc(SCC(=O)N(C)C3CCCCC3)n2-c2ccccc2)c1. The molecule has 4 rings (SSSR count). The zero-order valence-corrected chi connectivity index (χ0v) is 23.3. The average Bonchev–Trinajstić information content (AvgIpc) is 3.37. The van der Waals surface area contributed by atoms with E-state index in [2.05, 4.69) is 10.2 Å². The van der Waals surface area contributed by atoms with Gasteiger partial charge in [0, 0.05) is 37.4 Å². The molecular formula is C27H35N5O3S2. The largest absolute Gasteiger partial charge is 0.342 e. The number of amides is 1. The Labute approximate surface area is 224 Å². The summed E-state index contributed by atoms with van der Waals surface area (Å²) in [6.07, 6.45) is 5.70. The highest BCUT2D eigenvalue weighted by Gasteiger charge is 2.25. The third-order valence-electron chi connectivity index (χ3n) is 6.92. The number of sulfonamides is 1. The minimum atomic E-state index is -3.62. The zero-order valence-electron chi connectivity index (χ0n) is 21.7. The highest BCUT2D eigenvalue weighted by molar-refractivity contribution is 7.99. The Morgan fingerprint density at radius 2 is 1.70 bits per heavy atom. The molecule has 1 amide bonds. The predicted molar refractivity (Wildman–Crippen MR) is 147 cm³/mol. The lowest BCUT2D eigenvalue weighted by Gasteiger charge is -2.31. The van der Waals surface area contributed by atoms with Crippen LogP contribution in [0.2, 0.25) is 0 Å². The van der Waals surface area contributed by atoms with Crippen LogP contribution >= 0.6 is 11.8 Å². The number of hydrogen-bond donors (Lipinski definition) is 0. The molecule has 0 unspecified atom stereocenters. The van der Waals surface area contributed by atoms with Gasteiger partial charge in [-0.2, -0.15) is 4.31 Å². The van der Waals surface area contributed by atoms with E-state index in [9.17, 15) is 13.2 Å². The molecule has 2 aromatic carbocycles. The topological polar surface area (TPSA) is 88.4 Å². The van der Waals surface area contributed by atoms with E-state index < -0.39 is 10.0 Å². The second kappa shape index (κ2) is 12.2. The Morgan fingerprint density at radius 1 is 1.00 bits per heavy atom. The summed E-state index contributed by atoms with van der Waals surface area (Å²) in [5, 5.41) is 9.45. The summed E-state index contributed by atoms with van der Waals surface area (Å²) in [6.45, 7) is 4.45. The van der Waals surface area contributed by atoms with Gasteiger partial charge in [-0.1, -0.05) is 75.2 Å². The number of para-hydroxylation sites is 1. The Hall–Kier alpha value is -2.69. The maximum Gasteiger partial charge on any atom is 0.243 e. The molecule has 37 heavy (non-hydrogen) atoms. The number of benzene rings is 2. The molecule has 1 aliphatic carbocycles. The van der Waals surface area contributed by atoms with Crippen LogP contribution in [0.25, 0.3) is 17.1 Å². The maximum absolute atomic E-state index is 13.1. The van der Waals surface area contributed by atoms with Gasteiger partial charge in [-0.3, -0.25) is 9.36 Å². The van der Waals surface area contributed by atoms with Gasteiger partial charge in [-0.05, 0) is 37.1 Å². The second-order valence-electron chi connectivity index (χ2n) is 9.18. The van der Waals surface area contributed by atoms with Crippen LogP contribution in [0.1, 0.15) is 46.0 Å². The average molecular weight is 542 g/mol. The van der Waals surface area contributed by atoms with Crippen molar-refractivity contribution in [3.05, 3.63) is 54.6 Å². The molecule has 1 fully saturated rings. The monoisotopic (exact) mass is 541 g/mol. The minimum Gasteiger partial charge on any atom is -0.342 e. The lowest BCUT2D eigenvalue weighted by atomic mass is 9.94. The lowest BCUT2D eigenvalue weighted by Crippen LogP contribution is -2.39.